The number of hydrogen-bond donors (Lipinski definition) is 1. The van der Waals surface area contributed by atoms with Crippen LogP contribution in [-0.2, 0) is 16.5 Å². The summed E-state index contributed by atoms with van der Waals surface area (Å²) in [4.78, 5) is -0.524. The summed E-state index contributed by atoms with van der Waals surface area (Å²) in [6.07, 6.45) is 14.0. The van der Waals surface area contributed by atoms with Gasteiger partial charge in [-0.15, -0.1) is 0 Å². The van der Waals surface area contributed by atoms with Gasteiger partial charge in [0.1, 0.15) is 16.4 Å². The van der Waals surface area contributed by atoms with Crippen molar-refractivity contribution in [3.63, 3.8) is 0 Å². The van der Waals surface area contributed by atoms with Gasteiger partial charge in [0.25, 0.3) is 10.1 Å². The molecule has 0 spiro atoms. The van der Waals surface area contributed by atoms with Crippen molar-refractivity contribution >= 4 is 10.1 Å². The molecule has 31 heavy (non-hydrogen) atoms. The van der Waals surface area contributed by atoms with E-state index < -0.39 is 20.8 Å². The zero-order valence-corrected chi connectivity index (χ0v) is 21.6. The van der Waals surface area contributed by atoms with Gasteiger partial charge in [0.05, 0.1) is 0 Å². The third-order valence-electron chi connectivity index (χ3n) is 5.18. The maximum absolute atomic E-state index is 12.0. The van der Waals surface area contributed by atoms with Gasteiger partial charge in [-0.2, -0.15) is 8.42 Å². The van der Waals surface area contributed by atoms with Crippen molar-refractivity contribution in [2.24, 2.45) is 0 Å². The Hall–Kier alpha value is -1.05. The van der Waals surface area contributed by atoms with Gasteiger partial charge in [-0.05, 0) is 36.6 Å². The minimum absolute atomic E-state index is 0. The fraction of sp³-hybridized carbons (Fsp3) is 0.500. The fourth-order valence-corrected chi connectivity index (χ4v) is 4.09. The molecule has 2 rings (SSSR count). The summed E-state index contributed by atoms with van der Waals surface area (Å²) in [6, 6.07) is 10.9. The van der Waals surface area contributed by atoms with E-state index in [9.17, 15) is 18.1 Å². The van der Waals surface area contributed by atoms with Crippen LogP contribution in [-0.4, -0.2) is 13.0 Å². The molecule has 0 saturated heterocycles. The van der Waals surface area contributed by atoms with Crippen LogP contribution in [0.3, 0.4) is 0 Å². The van der Waals surface area contributed by atoms with Crippen LogP contribution in [0.4, 0.5) is 0 Å². The van der Waals surface area contributed by atoms with Gasteiger partial charge in [0, 0.05) is 0 Å². The smallest absolute Gasteiger partial charge is 0.870 e. The molecule has 0 aromatic heterocycles. The second-order valence-electron chi connectivity index (χ2n) is 7.74. The third-order valence-corrected chi connectivity index (χ3v) is 6.06. The zero-order chi connectivity index (χ0) is 21.8. The number of unbranched alkanes of at least 4 members (excludes halogenated alkanes) is 9. The molecule has 0 bridgehead atoms. The van der Waals surface area contributed by atoms with Crippen LogP contribution in [0, 0.1) is 0 Å². The first-order valence-corrected chi connectivity index (χ1v) is 12.4. The van der Waals surface area contributed by atoms with Crippen molar-refractivity contribution in [2.45, 2.75) is 82.4 Å². The van der Waals surface area contributed by atoms with Crippen molar-refractivity contribution in [3.8, 4) is 17.2 Å². The van der Waals surface area contributed by atoms with Gasteiger partial charge in [-0.25, -0.2) is 0 Å². The molecule has 2 aromatic carbocycles. The van der Waals surface area contributed by atoms with Gasteiger partial charge in [0.2, 0.25) is 0 Å². The molecule has 0 aliphatic carbocycles. The first-order chi connectivity index (χ1) is 14.4. The van der Waals surface area contributed by atoms with Crippen LogP contribution in [0.15, 0.2) is 47.4 Å². The Kier molecular flexibility index (Phi) is 13.5. The quantitative estimate of drug-likeness (QED) is 0.268. The molecule has 0 fully saturated rings. The van der Waals surface area contributed by atoms with Crippen molar-refractivity contribution in [2.75, 3.05) is 0 Å². The first-order valence-electron chi connectivity index (χ1n) is 11.0. The minimum atomic E-state index is -4.54. The first kappa shape index (κ1) is 28.0. The van der Waals surface area contributed by atoms with Crippen molar-refractivity contribution in [1.82, 2.24) is 0 Å². The molecular formula is C24H33NaO5S. The molecule has 0 aliphatic heterocycles. The number of para-hydroxylation sites is 1. The van der Waals surface area contributed by atoms with Crippen LogP contribution in [0.5, 0.6) is 17.2 Å². The molecule has 2 aromatic rings. The van der Waals surface area contributed by atoms with E-state index in [0.717, 1.165) is 18.9 Å². The van der Waals surface area contributed by atoms with Gasteiger partial charge >= 0.3 is 29.6 Å². The fourth-order valence-electron chi connectivity index (χ4n) is 3.46. The summed E-state index contributed by atoms with van der Waals surface area (Å²) in [7, 11) is -4.54. The van der Waals surface area contributed by atoms with Crippen molar-refractivity contribution < 1.29 is 52.4 Å². The number of aryl methyl sites for hydroxylation is 1. The molecule has 166 valence electrons. The summed E-state index contributed by atoms with van der Waals surface area (Å²) in [5.41, 5.74) is 1.17. The Balaban J connectivity index is 0.00000480. The zero-order valence-electron chi connectivity index (χ0n) is 18.8. The van der Waals surface area contributed by atoms with Crippen molar-refractivity contribution in [3.05, 3.63) is 48.0 Å². The Labute approximate surface area is 209 Å². The average Bonchev–Trinajstić information content (AvgIpc) is 2.71. The van der Waals surface area contributed by atoms with E-state index in [4.69, 9.17) is 4.74 Å². The SMILES string of the molecule is CCCCCCCCCCCCc1ccc(Oc2c([O-])cccc2S(=O)(=O)O)cc1.[Na+]. The number of benzene rings is 2. The molecule has 0 radical (unpaired) electrons. The molecule has 0 aliphatic rings. The average molecular weight is 457 g/mol. The maximum atomic E-state index is 12.0. The van der Waals surface area contributed by atoms with Crippen LogP contribution < -0.4 is 39.4 Å². The minimum Gasteiger partial charge on any atom is -0.870 e. The Morgan fingerprint density at radius 2 is 1.39 bits per heavy atom. The molecule has 7 heteroatoms. The Morgan fingerprint density at radius 1 is 0.839 bits per heavy atom. The van der Waals surface area contributed by atoms with E-state index in [0.29, 0.717) is 5.75 Å². The van der Waals surface area contributed by atoms with E-state index in [1.807, 2.05) is 12.1 Å². The van der Waals surface area contributed by atoms with Gasteiger partial charge in [-0.3, -0.25) is 4.55 Å². The second kappa shape index (κ2) is 14.9. The Bertz CT molecular complexity index is 866. The Morgan fingerprint density at radius 3 is 1.94 bits per heavy atom. The van der Waals surface area contributed by atoms with Gasteiger partial charge < -0.3 is 9.84 Å². The van der Waals surface area contributed by atoms with E-state index >= 15 is 0 Å². The molecule has 0 amide bonds. The molecule has 5 nitrogen and oxygen atoms in total. The van der Waals surface area contributed by atoms with Crippen LogP contribution in [0.1, 0.15) is 76.7 Å². The third kappa shape index (κ3) is 10.4. The molecule has 0 atom stereocenters. The number of rotatable bonds is 14. The van der Waals surface area contributed by atoms with Crippen LogP contribution >= 0.6 is 0 Å². The van der Waals surface area contributed by atoms with Crippen LogP contribution in [0.2, 0.25) is 0 Å². The van der Waals surface area contributed by atoms with E-state index in [-0.39, 0.29) is 35.3 Å². The van der Waals surface area contributed by atoms with E-state index in [2.05, 4.69) is 6.92 Å². The monoisotopic (exact) mass is 456 g/mol. The van der Waals surface area contributed by atoms with Gasteiger partial charge in [-0.1, -0.05) is 94.7 Å². The molecule has 1 N–H and O–H groups in total. The summed E-state index contributed by atoms with van der Waals surface area (Å²) in [6.45, 7) is 2.24. The molecule has 0 heterocycles. The van der Waals surface area contributed by atoms with Crippen LogP contribution in [0.25, 0.3) is 0 Å². The number of ether oxygens (including phenoxy) is 1. The summed E-state index contributed by atoms with van der Waals surface area (Å²) in [5, 5.41) is 12.0. The summed E-state index contributed by atoms with van der Waals surface area (Å²) >= 11 is 0. The predicted octanol–water partition coefficient (Wildman–Crippen LogP) is 3.27. The maximum Gasteiger partial charge on any atom is 1.00 e. The standard InChI is InChI=1S/C24H34O5S.Na/c1-2-3-4-5-6-7-8-9-10-11-13-20-16-18-21(19-17-20)29-24-22(25)14-12-15-23(24)30(26,27)28;/h12,14-19,25H,2-11,13H2,1H3,(H,26,27,28);/q;+1/p-1. The predicted molar refractivity (Wildman–Crippen MR) is 118 cm³/mol. The van der Waals surface area contributed by atoms with Gasteiger partial charge in [0.15, 0.2) is 0 Å². The largest absolute Gasteiger partial charge is 1.00 e. The summed E-state index contributed by atoms with van der Waals surface area (Å²) in [5.74, 6) is -0.628. The summed E-state index contributed by atoms with van der Waals surface area (Å²) < 4.78 is 37.7. The number of hydrogen-bond acceptors (Lipinski definition) is 4. The molecule has 0 saturated carbocycles. The van der Waals surface area contributed by atoms with E-state index in [1.165, 1.54) is 75.5 Å². The topological polar surface area (TPSA) is 86.7 Å². The van der Waals surface area contributed by atoms with Crippen molar-refractivity contribution in [1.29, 1.82) is 0 Å². The molecule has 0 unspecified atom stereocenters. The second-order valence-corrected chi connectivity index (χ2v) is 9.13. The molecular weight excluding hydrogens is 423 g/mol. The van der Waals surface area contributed by atoms with E-state index in [1.54, 1.807) is 12.1 Å². The normalized spacial score (nSPS) is 11.2.